The van der Waals surface area contributed by atoms with Crippen molar-refractivity contribution in [2.45, 2.75) is 38.5 Å². The minimum absolute atomic E-state index is 0.157. The Labute approximate surface area is 97.2 Å². The molecular weight excluding hydrogens is 196 g/mol. The molecule has 0 radical (unpaired) electrons. The smallest absolute Gasteiger partial charge is 0.185 e. The zero-order chi connectivity index (χ0) is 11.4. The number of hydrogen-bond acceptors (Lipinski definition) is 1. The van der Waals surface area contributed by atoms with Crippen LogP contribution >= 0.6 is 0 Å². The van der Waals surface area contributed by atoms with Crippen molar-refractivity contribution in [3.8, 4) is 0 Å². The Morgan fingerprint density at radius 2 is 2.12 bits per heavy atom. The molecule has 0 amide bonds. The molecule has 1 aliphatic rings. The summed E-state index contributed by atoms with van der Waals surface area (Å²) >= 11 is 0. The molecule has 0 atom stereocenters. The summed E-state index contributed by atoms with van der Waals surface area (Å²) in [7, 11) is 0. The first kappa shape index (κ1) is 11.1. The van der Waals surface area contributed by atoms with Gasteiger partial charge in [0.1, 0.15) is 0 Å². The van der Waals surface area contributed by atoms with Crippen LogP contribution in [0.2, 0.25) is 0 Å². The van der Waals surface area contributed by atoms with E-state index in [0.29, 0.717) is 5.92 Å². The van der Waals surface area contributed by atoms with Gasteiger partial charge in [-0.2, -0.15) is 0 Å². The van der Waals surface area contributed by atoms with Crippen LogP contribution in [-0.4, -0.2) is 5.78 Å². The molecule has 1 aromatic rings. The van der Waals surface area contributed by atoms with Gasteiger partial charge in [0, 0.05) is 5.56 Å². The van der Waals surface area contributed by atoms with Crippen molar-refractivity contribution in [1.29, 1.82) is 0 Å². The Hall–Kier alpha value is -1.37. The van der Waals surface area contributed by atoms with E-state index < -0.39 is 0 Å². The standard InChI is InChI=1S/C15H18O/c1-2-3-11-15(16)14-10-5-4-9-13(14)12-7-6-8-12/h3-5,9-12H,2,6-8H2,1H3/b11-3+. The van der Waals surface area contributed by atoms with Crippen LogP contribution in [0, 0.1) is 0 Å². The SMILES string of the molecule is CC/C=C/C(=O)c1ccccc1C1CCC1. The van der Waals surface area contributed by atoms with Crippen molar-refractivity contribution in [2.75, 3.05) is 0 Å². The second kappa shape index (κ2) is 5.11. The fourth-order valence-electron chi connectivity index (χ4n) is 2.11. The average Bonchev–Trinajstić information content (AvgIpc) is 2.24. The number of carbonyl (C=O) groups is 1. The lowest BCUT2D eigenvalue weighted by molar-refractivity contribution is 0.104. The third kappa shape index (κ3) is 2.24. The van der Waals surface area contributed by atoms with Crippen molar-refractivity contribution in [2.24, 2.45) is 0 Å². The molecule has 0 spiro atoms. The number of rotatable bonds is 4. The highest BCUT2D eigenvalue weighted by molar-refractivity contribution is 6.05. The molecular formula is C15H18O. The number of allylic oxidation sites excluding steroid dienone is 2. The topological polar surface area (TPSA) is 17.1 Å². The number of ketones is 1. The van der Waals surface area contributed by atoms with Gasteiger partial charge in [0.25, 0.3) is 0 Å². The highest BCUT2D eigenvalue weighted by atomic mass is 16.1. The maximum atomic E-state index is 12.0. The van der Waals surface area contributed by atoms with E-state index in [1.165, 1.54) is 24.8 Å². The Kier molecular flexibility index (Phi) is 3.55. The van der Waals surface area contributed by atoms with E-state index in [1.807, 2.05) is 31.2 Å². The first-order valence-corrected chi connectivity index (χ1v) is 6.12. The Morgan fingerprint density at radius 1 is 1.38 bits per heavy atom. The fourth-order valence-corrected chi connectivity index (χ4v) is 2.11. The quantitative estimate of drug-likeness (QED) is 0.544. The van der Waals surface area contributed by atoms with Crippen LogP contribution in [0.5, 0.6) is 0 Å². The van der Waals surface area contributed by atoms with E-state index in [2.05, 4.69) is 6.07 Å². The number of carbonyl (C=O) groups excluding carboxylic acids is 1. The molecule has 0 saturated heterocycles. The summed E-state index contributed by atoms with van der Waals surface area (Å²) in [5.41, 5.74) is 2.15. The largest absolute Gasteiger partial charge is 0.289 e. The monoisotopic (exact) mass is 214 g/mol. The number of hydrogen-bond donors (Lipinski definition) is 0. The van der Waals surface area contributed by atoms with Crippen molar-refractivity contribution in [3.63, 3.8) is 0 Å². The lowest BCUT2D eigenvalue weighted by Crippen LogP contribution is -2.13. The molecule has 1 aliphatic carbocycles. The van der Waals surface area contributed by atoms with Crippen molar-refractivity contribution < 1.29 is 4.79 Å². The molecule has 0 aromatic heterocycles. The molecule has 0 aliphatic heterocycles. The van der Waals surface area contributed by atoms with Gasteiger partial charge >= 0.3 is 0 Å². The molecule has 2 rings (SSSR count). The van der Waals surface area contributed by atoms with Crippen molar-refractivity contribution in [3.05, 3.63) is 47.5 Å². The summed E-state index contributed by atoms with van der Waals surface area (Å²) in [5.74, 6) is 0.777. The normalized spacial score (nSPS) is 16.3. The van der Waals surface area contributed by atoms with Gasteiger partial charge in [-0.05, 0) is 36.8 Å². The highest BCUT2D eigenvalue weighted by Crippen LogP contribution is 2.38. The van der Waals surface area contributed by atoms with E-state index in [9.17, 15) is 4.79 Å². The van der Waals surface area contributed by atoms with Crippen LogP contribution in [-0.2, 0) is 0 Å². The molecule has 1 aromatic carbocycles. The van der Waals surface area contributed by atoms with Crippen LogP contribution in [0.1, 0.15) is 54.4 Å². The Balaban J connectivity index is 2.25. The zero-order valence-corrected chi connectivity index (χ0v) is 9.78. The molecule has 0 N–H and O–H groups in total. The minimum Gasteiger partial charge on any atom is -0.289 e. The second-order valence-electron chi connectivity index (χ2n) is 4.39. The predicted molar refractivity (Wildman–Crippen MR) is 66.8 cm³/mol. The van der Waals surface area contributed by atoms with Gasteiger partial charge in [0.2, 0.25) is 0 Å². The summed E-state index contributed by atoms with van der Waals surface area (Å²) in [6.45, 7) is 2.04. The first-order chi connectivity index (χ1) is 7.83. The minimum atomic E-state index is 0.157. The van der Waals surface area contributed by atoms with Gasteiger partial charge < -0.3 is 0 Å². The average molecular weight is 214 g/mol. The van der Waals surface area contributed by atoms with E-state index in [0.717, 1.165) is 12.0 Å². The van der Waals surface area contributed by atoms with E-state index >= 15 is 0 Å². The molecule has 16 heavy (non-hydrogen) atoms. The highest BCUT2D eigenvalue weighted by Gasteiger charge is 2.23. The van der Waals surface area contributed by atoms with Crippen LogP contribution < -0.4 is 0 Å². The maximum absolute atomic E-state index is 12.0. The maximum Gasteiger partial charge on any atom is 0.185 e. The van der Waals surface area contributed by atoms with Crippen molar-refractivity contribution in [1.82, 2.24) is 0 Å². The van der Waals surface area contributed by atoms with Crippen LogP contribution in [0.25, 0.3) is 0 Å². The van der Waals surface area contributed by atoms with Gasteiger partial charge in [-0.15, -0.1) is 0 Å². The molecule has 1 fully saturated rings. The van der Waals surface area contributed by atoms with Crippen LogP contribution in [0.15, 0.2) is 36.4 Å². The molecule has 0 bridgehead atoms. The number of benzene rings is 1. The van der Waals surface area contributed by atoms with Crippen molar-refractivity contribution >= 4 is 5.78 Å². The molecule has 1 saturated carbocycles. The lowest BCUT2D eigenvalue weighted by Gasteiger charge is -2.27. The van der Waals surface area contributed by atoms with Gasteiger partial charge in [-0.3, -0.25) is 4.79 Å². The summed E-state index contributed by atoms with van der Waals surface area (Å²) in [6, 6.07) is 8.05. The third-order valence-electron chi connectivity index (χ3n) is 3.28. The van der Waals surface area contributed by atoms with Gasteiger partial charge in [-0.1, -0.05) is 43.7 Å². The zero-order valence-electron chi connectivity index (χ0n) is 9.78. The predicted octanol–water partition coefficient (Wildman–Crippen LogP) is 4.10. The molecule has 84 valence electrons. The van der Waals surface area contributed by atoms with E-state index in [-0.39, 0.29) is 5.78 Å². The lowest BCUT2D eigenvalue weighted by atomic mass is 9.77. The summed E-state index contributed by atoms with van der Waals surface area (Å²) in [5, 5.41) is 0. The Morgan fingerprint density at radius 3 is 2.75 bits per heavy atom. The van der Waals surface area contributed by atoms with Crippen LogP contribution in [0.3, 0.4) is 0 Å². The van der Waals surface area contributed by atoms with E-state index in [4.69, 9.17) is 0 Å². The first-order valence-electron chi connectivity index (χ1n) is 6.12. The molecule has 1 nitrogen and oxygen atoms in total. The second-order valence-corrected chi connectivity index (χ2v) is 4.39. The molecule has 0 unspecified atom stereocenters. The third-order valence-corrected chi connectivity index (χ3v) is 3.28. The summed E-state index contributed by atoms with van der Waals surface area (Å²) in [4.78, 5) is 12.0. The van der Waals surface area contributed by atoms with Crippen LogP contribution in [0.4, 0.5) is 0 Å². The van der Waals surface area contributed by atoms with Gasteiger partial charge in [0.15, 0.2) is 5.78 Å². The summed E-state index contributed by atoms with van der Waals surface area (Å²) < 4.78 is 0. The molecule has 1 heteroatoms. The van der Waals surface area contributed by atoms with Gasteiger partial charge in [-0.25, -0.2) is 0 Å². The molecule has 0 heterocycles. The Bertz CT molecular complexity index is 400. The summed E-state index contributed by atoms with van der Waals surface area (Å²) in [6.07, 6.45) is 8.33. The van der Waals surface area contributed by atoms with Gasteiger partial charge in [0.05, 0.1) is 0 Å². The van der Waals surface area contributed by atoms with E-state index in [1.54, 1.807) is 6.08 Å². The fraction of sp³-hybridized carbons (Fsp3) is 0.400.